The summed E-state index contributed by atoms with van der Waals surface area (Å²) in [6.45, 7) is -1.81. The van der Waals surface area contributed by atoms with Gasteiger partial charge in [0.1, 0.15) is 23.3 Å². The van der Waals surface area contributed by atoms with Crippen molar-refractivity contribution in [3.63, 3.8) is 0 Å². The van der Waals surface area contributed by atoms with Gasteiger partial charge in [-0.05, 0) is 115 Å². The van der Waals surface area contributed by atoms with E-state index in [1.807, 2.05) is 27.7 Å². The van der Waals surface area contributed by atoms with Crippen LogP contribution >= 0.6 is 0 Å². The molecule has 2 saturated carbocycles. The first kappa shape index (κ1) is 31.5. The van der Waals surface area contributed by atoms with Crippen LogP contribution in [0.25, 0.3) is 0 Å². The summed E-state index contributed by atoms with van der Waals surface area (Å²) in [5.74, 6) is -19.2. The highest BCUT2D eigenvalue weighted by Crippen LogP contribution is 2.45. The Hall–Kier alpha value is -4.70. The minimum absolute atomic E-state index is 0.0935. The van der Waals surface area contributed by atoms with Crippen LogP contribution in [0.15, 0.2) is 60.7 Å². The number of alkyl halides is 4. The van der Waals surface area contributed by atoms with E-state index >= 15 is 8.78 Å². The molecule has 16 heteroatoms. The Morgan fingerprint density at radius 3 is 1.35 bits per heavy atom. The lowest BCUT2D eigenvalue weighted by molar-refractivity contribution is -0.131. The van der Waals surface area contributed by atoms with Crippen molar-refractivity contribution in [2.24, 2.45) is 11.8 Å². The van der Waals surface area contributed by atoms with Gasteiger partial charge < -0.3 is 19.8 Å². The number of nitrogens with one attached hydrogen (secondary N) is 2. The lowest BCUT2D eigenvalue weighted by Gasteiger charge is -2.40. The predicted molar refractivity (Wildman–Crippen MR) is 279 cm³/mol. The van der Waals surface area contributed by atoms with Crippen molar-refractivity contribution in [3.05, 3.63) is 95.1 Å². The Balaban J connectivity index is 0.000000230. The number of carbonyl (C=O) groups excluding carboxylic acids is 2. The number of halogens is 4. The molecule has 0 radical (unpaired) electrons. The molecule has 2 aliphatic carbocycles. The molecule has 4 aromatic rings. The second-order valence-corrected chi connectivity index (χ2v) is 20.6. The van der Waals surface area contributed by atoms with E-state index in [1.165, 1.54) is 12.1 Å². The van der Waals surface area contributed by atoms with Crippen molar-refractivity contribution in [2.75, 3.05) is 13.0 Å². The number of benzene rings is 2. The fraction of sp³-hybridized carbons (Fsp3) is 0.690. The van der Waals surface area contributed by atoms with Crippen LogP contribution in [0.4, 0.5) is 17.6 Å². The number of rotatable bonds is 16. The normalized spacial score (nSPS) is 37.4. The quantitative estimate of drug-likeness (QED) is 0.106. The minimum atomic E-state index is -5.30. The van der Waals surface area contributed by atoms with Crippen LogP contribution in [-0.2, 0) is 9.59 Å². The van der Waals surface area contributed by atoms with Gasteiger partial charge in [-0.1, -0.05) is 88.4 Å². The number of nitrogens with zero attached hydrogens (tertiary/aromatic N) is 8. The number of carbonyl (C=O) groups is 2. The first-order chi connectivity index (χ1) is 44.6. The maximum atomic E-state index is 15.1. The van der Waals surface area contributed by atoms with Crippen LogP contribution in [0.5, 0.6) is 0 Å². The summed E-state index contributed by atoms with van der Waals surface area (Å²) in [4.78, 5) is 31.0. The van der Waals surface area contributed by atoms with E-state index in [2.05, 4.69) is 31.0 Å². The Kier molecular flexibility index (Phi) is 9.91. The molecule has 6 fully saturated rings. The molecular weight excluding hydrogens is 945 g/mol. The minimum Gasteiger partial charge on any atom is -0.349 e. The maximum Gasteiger partial charge on any atom is 0.248 e. The van der Waals surface area contributed by atoms with E-state index in [0.717, 1.165) is 0 Å². The number of aromatic nitrogens is 6. The molecule has 10 rings (SSSR count). The van der Waals surface area contributed by atoms with Crippen LogP contribution in [0.1, 0.15) is 246 Å². The van der Waals surface area contributed by atoms with Gasteiger partial charge in [-0.3, -0.25) is 19.4 Å². The van der Waals surface area contributed by atoms with Crippen molar-refractivity contribution in [1.29, 1.82) is 0 Å². The Morgan fingerprint density at radius 2 is 0.986 bits per heavy atom. The predicted octanol–water partition coefficient (Wildman–Crippen LogP) is 11.9. The van der Waals surface area contributed by atoms with Crippen molar-refractivity contribution < 1.29 is 60.0 Å². The van der Waals surface area contributed by atoms with Crippen LogP contribution in [0.2, 0.25) is 0 Å². The molecule has 4 aliphatic heterocycles. The van der Waals surface area contributed by atoms with Gasteiger partial charge in [0, 0.05) is 131 Å². The van der Waals surface area contributed by atoms with Gasteiger partial charge in [0.25, 0.3) is 0 Å². The highest BCUT2D eigenvalue weighted by molar-refractivity contribution is 5.79. The van der Waals surface area contributed by atoms with Gasteiger partial charge in [-0.15, -0.1) is 20.4 Å². The fourth-order valence-corrected chi connectivity index (χ4v) is 11.3. The van der Waals surface area contributed by atoms with E-state index in [-0.39, 0.29) is 59.6 Å². The monoisotopic (exact) mass is 1050 g/mol. The standard InChI is InChI=1S/2C29H41F2N5O/c2*1-19(2)27-34-33-20(3)36(27)25-17-23-9-10-24(18-25)35(23)16-13-26(21-7-5-4-6-8-21)32-28(37)22-11-14-29(30,31)15-12-22/h2*4-8,19,22-26H,9-18H2,1-3H3,(H,32,37)/i3D3,11D2,12D2,14D2,15D2,16D2,22D;3D3,11D2,12D2,16D2,22D. The Bertz CT molecular complexity index is 3480. The Labute approximate surface area is 470 Å². The molecule has 2 aromatic heterocycles. The van der Waals surface area contributed by atoms with Gasteiger partial charge >= 0.3 is 0 Å². The van der Waals surface area contributed by atoms with Gasteiger partial charge in [0.2, 0.25) is 23.7 Å². The zero-order valence-corrected chi connectivity index (χ0v) is 41.9. The average molecular weight is 1050 g/mol. The number of fused-ring (bicyclic) bond motifs is 4. The molecule has 74 heavy (non-hydrogen) atoms. The molecule has 12 nitrogen and oxygen atoms in total. The topological polar surface area (TPSA) is 126 Å². The lowest BCUT2D eigenvalue weighted by atomic mass is 9.86. The molecular formula is C58H82F4N10O2. The number of hydrogen-bond donors (Lipinski definition) is 2. The number of aryl methyl sites for hydroxylation is 2. The second kappa shape index (κ2) is 23.3. The van der Waals surface area contributed by atoms with Gasteiger partial charge in [0.05, 0.1) is 12.1 Å². The number of hydrogen-bond acceptors (Lipinski definition) is 8. The summed E-state index contributed by atoms with van der Waals surface area (Å²) in [5.41, 5.74) is 0.647. The molecule has 4 bridgehead atoms. The molecule has 4 saturated heterocycles. The van der Waals surface area contributed by atoms with E-state index in [1.54, 1.807) is 67.5 Å². The van der Waals surface area contributed by atoms with Crippen molar-refractivity contribution in [2.45, 2.75) is 229 Å². The summed E-state index contributed by atoms with van der Waals surface area (Å²) in [5, 5.41) is 21.1. The molecule has 404 valence electrons. The summed E-state index contributed by atoms with van der Waals surface area (Å²) in [7, 11) is 0. The third kappa shape index (κ3) is 12.6. The largest absolute Gasteiger partial charge is 0.349 e. The third-order valence-corrected chi connectivity index (χ3v) is 14.8. The van der Waals surface area contributed by atoms with Gasteiger partial charge in [-0.25, -0.2) is 17.6 Å². The van der Waals surface area contributed by atoms with Crippen molar-refractivity contribution in [1.82, 2.24) is 50.0 Å². The van der Waals surface area contributed by atoms with E-state index in [9.17, 15) is 23.9 Å². The highest BCUT2D eigenvalue weighted by Gasteiger charge is 2.45. The third-order valence-electron chi connectivity index (χ3n) is 14.8. The molecule has 2 aromatic carbocycles. The first-order valence-corrected chi connectivity index (χ1v) is 25.5. The molecule has 6 heterocycles. The van der Waals surface area contributed by atoms with E-state index < -0.39 is 144 Å². The summed E-state index contributed by atoms with van der Waals surface area (Å²) in [6, 6.07) is 11.3. The smallest absolute Gasteiger partial charge is 0.248 e. The van der Waals surface area contributed by atoms with Crippen LogP contribution in [0, 0.1) is 25.5 Å². The zero-order chi connectivity index (χ0) is 73.5. The van der Waals surface area contributed by atoms with Gasteiger partial charge in [0.15, 0.2) is 0 Å². The van der Waals surface area contributed by atoms with Crippen LogP contribution in [-0.4, -0.2) is 100 Å². The molecule has 0 spiro atoms. The maximum absolute atomic E-state index is 15.1. The summed E-state index contributed by atoms with van der Waals surface area (Å²) >= 11 is 0. The summed E-state index contributed by atoms with van der Waals surface area (Å²) < 4.78 is 262. The zero-order valence-electron chi connectivity index (χ0n) is 65.9. The average Bonchev–Trinajstić information content (AvgIpc) is 0.930. The summed E-state index contributed by atoms with van der Waals surface area (Å²) in [6.07, 6.45) is -24.0. The fourth-order valence-electron chi connectivity index (χ4n) is 11.3. The van der Waals surface area contributed by atoms with E-state index in [4.69, 9.17) is 27.4 Å². The van der Waals surface area contributed by atoms with Crippen LogP contribution in [0.3, 0.4) is 0 Å². The first-order valence-electron chi connectivity index (χ1n) is 37.5. The molecule has 6 aliphatic rings. The molecule has 2 amide bonds. The molecule has 2 N–H and O–H groups in total. The molecule has 6 atom stereocenters. The molecule has 6 unspecified atom stereocenters. The Morgan fingerprint density at radius 1 is 0.608 bits per heavy atom. The second-order valence-electron chi connectivity index (χ2n) is 20.6. The van der Waals surface area contributed by atoms with E-state index in [0.29, 0.717) is 68.6 Å². The lowest BCUT2D eigenvalue weighted by Crippen LogP contribution is -2.45. The van der Waals surface area contributed by atoms with Crippen LogP contribution < -0.4 is 10.6 Å². The van der Waals surface area contributed by atoms with Gasteiger partial charge in [-0.2, -0.15) is 0 Å². The number of piperidine rings is 2. The highest BCUT2D eigenvalue weighted by atomic mass is 19.3. The number of amides is 2. The van der Waals surface area contributed by atoms with Crippen molar-refractivity contribution >= 4 is 11.8 Å². The van der Waals surface area contributed by atoms with Crippen molar-refractivity contribution in [3.8, 4) is 0 Å². The SMILES string of the molecule is [2H]C([2H])([2H])c1nnc(C(C)C)n1C1CC2CCC(C1)N2C([2H])([2H])CC(NC(=O)C1([2H])C([2H])([2H])C([2H])([2H])C(F)(F)C([2H])([2H])C1([2H])[2H])c1ccccc1.[2H]C([2H])([2H])c1nnc(C(C)C)n1C1CC2CCC(C1)N2C([2H])([2H])CC(NC(=O)C1([2H])C([2H])([2H])CC(F)(F)CC1([2H])[2H])c1ccccc1.